The minimum Gasteiger partial charge on any atom is -0.453 e. The molecular weight excluding hydrogens is 647 g/mol. The van der Waals surface area contributed by atoms with Crippen LogP contribution >= 0.6 is 0 Å². The second kappa shape index (κ2) is 19.5. The molecule has 284 valence electrons. The maximum absolute atomic E-state index is 10.9. The summed E-state index contributed by atoms with van der Waals surface area (Å²) in [5.41, 5.74) is 7.68. The van der Waals surface area contributed by atoms with Crippen molar-refractivity contribution in [3.63, 3.8) is 0 Å². The van der Waals surface area contributed by atoms with Crippen molar-refractivity contribution in [2.75, 3.05) is 43.6 Å². The summed E-state index contributed by atoms with van der Waals surface area (Å²) in [4.78, 5) is 26.0. The van der Waals surface area contributed by atoms with Crippen LogP contribution < -0.4 is 10.2 Å². The van der Waals surface area contributed by atoms with E-state index in [1.807, 2.05) is 55.8 Å². The lowest BCUT2D eigenvalue weighted by Crippen LogP contribution is -2.36. The number of ether oxygens (including phenoxy) is 2. The summed E-state index contributed by atoms with van der Waals surface area (Å²) in [7, 11) is 1.35. The summed E-state index contributed by atoms with van der Waals surface area (Å²) in [6.07, 6.45) is 7.22. The minimum atomic E-state index is -0.446. The first-order valence-corrected chi connectivity index (χ1v) is 18.2. The number of carbonyl (C=O) groups is 1. The zero-order valence-corrected chi connectivity index (χ0v) is 34.4. The summed E-state index contributed by atoms with van der Waals surface area (Å²) in [5, 5.41) is 2.61. The first-order valence-electron chi connectivity index (χ1n) is 18.2. The molecular formula is C44H65N5O3. The number of pyridine rings is 3. The SMILES string of the molecule is CC(C)(C)c1ccc(N2CCOCC2)nc1.CC(C)(C)c1cccnc1.COC(=O)Nc1ccc(C(C)(C)C)cc1.Cc1ccc(C(C)(C)C)cn1. The van der Waals surface area contributed by atoms with Gasteiger partial charge in [-0.15, -0.1) is 0 Å². The lowest BCUT2D eigenvalue weighted by atomic mass is 9.87. The Morgan fingerprint density at radius 2 is 1.13 bits per heavy atom. The van der Waals surface area contributed by atoms with Gasteiger partial charge in [0.25, 0.3) is 0 Å². The summed E-state index contributed by atoms with van der Waals surface area (Å²) in [6.45, 7) is 31.7. The summed E-state index contributed by atoms with van der Waals surface area (Å²) in [6, 6.07) is 20.3. The van der Waals surface area contributed by atoms with Crippen molar-refractivity contribution in [3.05, 3.63) is 113 Å². The quantitative estimate of drug-likeness (QED) is 0.221. The van der Waals surface area contributed by atoms with Crippen LogP contribution in [0, 0.1) is 6.92 Å². The Hall–Kier alpha value is -4.30. The number of morpholine rings is 1. The van der Waals surface area contributed by atoms with Gasteiger partial charge in [-0.1, -0.05) is 113 Å². The lowest BCUT2D eigenvalue weighted by Gasteiger charge is -2.28. The van der Waals surface area contributed by atoms with Gasteiger partial charge in [-0.05, 0) is 81.2 Å². The van der Waals surface area contributed by atoms with Gasteiger partial charge in [-0.25, -0.2) is 9.78 Å². The van der Waals surface area contributed by atoms with Crippen LogP contribution in [-0.2, 0) is 31.1 Å². The molecule has 0 bridgehead atoms. The van der Waals surface area contributed by atoms with Crippen molar-refractivity contribution in [2.45, 2.75) is 112 Å². The molecule has 1 fully saturated rings. The fourth-order valence-corrected chi connectivity index (χ4v) is 4.75. The number of benzene rings is 1. The Morgan fingerprint density at radius 3 is 1.52 bits per heavy atom. The molecule has 1 aliphatic heterocycles. The number of rotatable bonds is 2. The normalized spacial score (nSPS) is 13.2. The lowest BCUT2D eigenvalue weighted by molar-refractivity contribution is 0.122. The average Bonchev–Trinajstić information content (AvgIpc) is 3.09. The number of aromatic nitrogens is 3. The van der Waals surface area contributed by atoms with Crippen molar-refractivity contribution in [1.82, 2.24) is 15.0 Å². The van der Waals surface area contributed by atoms with Gasteiger partial charge in [-0.2, -0.15) is 0 Å². The van der Waals surface area contributed by atoms with Crippen LogP contribution in [0.15, 0.2) is 85.5 Å². The number of nitrogens with zero attached hydrogens (tertiary/aromatic N) is 4. The molecule has 1 aliphatic rings. The molecule has 0 aliphatic carbocycles. The zero-order valence-electron chi connectivity index (χ0n) is 34.4. The average molecular weight is 712 g/mol. The zero-order chi connectivity index (χ0) is 39.2. The van der Waals surface area contributed by atoms with Crippen LogP contribution in [0.5, 0.6) is 0 Å². The van der Waals surface area contributed by atoms with Gasteiger partial charge < -0.3 is 14.4 Å². The fourth-order valence-electron chi connectivity index (χ4n) is 4.75. The van der Waals surface area contributed by atoms with Crippen LogP contribution in [0.25, 0.3) is 0 Å². The third-order valence-electron chi connectivity index (χ3n) is 8.44. The van der Waals surface area contributed by atoms with Crippen molar-refractivity contribution in [1.29, 1.82) is 0 Å². The van der Waals surface area contributed by atoms with E-state index in [1.54, 1.807) is 6.20 Å². The van der Waals surface area contributed by atoms with E-state index in [2.05, 4.69) is 143 Å². The number of carbonyl (C=O) groups excluding carboxylic acids is 1. The molecule has 8 heteroatoms. The van der Waals surface area contributed by atoms with Gasteiger partial charge in [0.1, 0.15) is 5.82 Å². The summed E-state index contributed by atoms with van der Waals surface area (Å²) >= 11 is 0. The maximum Gasteiger partial charge on any atom is 0.411 e. The van der Waals surface area contributed by atoms with Crippen LogP contribution in [-0.4, -0.2) is 54.5 Å². The molecule has 0 saturated carbocycles. The highest BCUT2D eigenvalue weighted by Crippen LogP contribution is 2.25. The maximum atomic E-state index is 10.9. The molecule has 0 atom stereocenters. The smallest absolute Gasteiger partial charge is 0.411 e. The molecule has 4 aromatic rings. The number of hydrogen-bond donors (Lipinski definition) is 1. The third-order valence-corrected chi connectivity index (χ3v) is 8.44. The van der Waals surface area contributed by atoms with E-state index in [9.17, 15) is 4.79 Å². The highest BCUT2D eigenvalue weighted by molar-refractivity contribution is 5.84. The number of anilines is 2. The molecule has 8 nitrogen and oxygen atoms in total. The highest BCUT2D eigenvalue weighted by atomic mass is 16.5. The largest absolute Gasteiger partial charge is 0.453 e. The number of hydrogen-bond acceptors (Lipinski definition) is 7. The van der Waals surface area contributed by atoms with Gasteiger partial charge in [0, 0.05) is 49.3 Å². The second-order valence-corrected chi connectivity index (χ2v) is 17.1. The predicted molar refractivity (Wildman–Crippen MR) is 218 cm³/mol. The topological polar surface area (TPSA) is 89.5 Å². The van der Waals surface area contributed by atoms with Gasteiger partial charge in [0.05, 0.1) is 20.3 Å². The van der Waals surface area contributed by atoms with Crippen molar-refractivity contribution >= 4 is 17.6 Å². The number of nitrogens with one attached hydrogen (secondary N) is 1. The van der Waals surface area contributed by atoms with E-state index < -0.39 is 6.09 Å². The molecule has 3 aromatic heterocycles. The molecule has 1 N–H and O–H groups in total. The molecule has 1 amide bonds. The van der Waals surface area contributed by atoms with E-state index in [-0.39, 0.29) is 21.7 Å². The molecule has 0 radical (unpaired) electrons. The first kappa shape index (κ1) is 43.9. The monoisotopic (exact) mass is 712 g/mol. The van der Waals surface area contributed by atoms with E-state index >= 15 is 0 Å². The Kier molecular flexibility index (Phi) is 16.5. The van der Waals surface area contributed by atoms with Crippen molar-refractivity contribution < 1.29 is 14.3 Å². The van der Waals surface area contributed by atoms with Crippen molar-refractivity contribution in [3.8, 4) is 0 Å². The van der Waals surface area contributed by atoms with Gasteiger partial charge >= 0.3 is 6.09 Å². The molecule has 0 unspecified atom stereocenters. The molecule has 4 heterocycles. The fraction of sp³-hybridized carbons (Fsp3) is 0.500. The predicted octanol–water partition coefficient (Wildman–Crippen LogP) is 10.4. The Labute approximate surface area is 314 Å². The molecule has 5 rings (SSSR count). The third kappa shape index (κ3) is 15.9. The molecule has 1 aromatic carbocycles. The Morgan fingerprint density at radius 1 is 0.654 bits per heavy atom. The second-order valence-electron chi connectivity index (χ2n) is 17.1. The van der Waals surface area contributed by atoms with Crippen LogP contribution in [0.4, 0.5) is 16.3 Å². The van der Waals surface area contributed by atoms with Gasteiger partial charge in [-0.3, -0.25) is 15.3 Å². The van der Waals surface area contributed by atoms with Crippen LogP contribution in [0.2, 0.25) is 0 Å². The van der Waals surface area contributed by atoms with E-state index in [4.69, 9.17) is 4.74 Å². The van der Waals surface area contributed by atoms with Crippen LogP contribution in [0.1, 0.15) is 111 Å². The summed E-state index contributed by atoms with van der Waals surface area (Å²) < 4.78 is 9.83. The van der Waals surface area contributed by atoms with Gasteiger partial charge in [0.2, 0.25) is 0 Å². The summed E-state index contributed by atoms with van der Waals surface area (Å²) in [5.74, 6) is 1.07. The Bertz CT molecular complexity index is 1590. The van der Waals surface area contributed by atoms with Crippen molar-refractivity contribution in [2.24, 2.45) is 0 Å². The highest BCUT2D eigenvalue weighted by Gasteiger charge is 2.17. The number of amides is 1. The number of aryl methyl sites for hydroxylation is 1. The Balaban J connectivity index is 0.000000245. The van der Waals surface area contributed by atoms with E-state index in [0.717, 1.165) is 43.5 Å². The number of methoxy groups -OCH3 is 1. The van der Waals surface area contributed by atoms with E-state index in [0.29, 0.717) is 0 Å². The van der Waals surface area contributed by atoms with E-state index in [1.165, 1.54) is 29.4 Å². The van der Waals surface area contributed by atoms with Gasteiger partial charge in [0.15, 0.2) is 0 Å². The van der Waals surface area contributed by atoms with Crippen LogP contribution in [0.3, 0.4) is 0 Å². The molecule has 0 spiro atoms. The minimum absolute atomic E-state index is 0.129. The first-order chi connectivity index (χ1) is 24.1. The molecule has 1 saturated heterocycles. The standard InChI is InChI=1S/C13H20N2O.C12H17NO2.C10H15N.C9H13N/c1-13(2,3)11-4-5-12(14-10-11)15-6-8-16-9-7-15;1-12(2,3)9-5-7-10(8-6-9)13-11(14)15-4;1-8-5-6-9(7-11-8)10(2,3)4;1-9(2,3)8-5-4-6-10-7-8/h4-5,10H,6-9H2,1-3H3;5-8H,1-4H3,(H,13,14);5-7H,1-4H3;4-7H,1-3H3. The molecule has 52 heavy (non-hydrogen) atoms.